The molecule has 2 aliphatic heterocycles. The Balaban J connectivity index is 2.21. The van der Waals surface area contributed by atoms with Crippen molar-refractivity contribution in [3.05, 3.63) is 27.7 Å². The summed E-state index contributed by atoms with van der Waals surface area (Å²) < 4.78 is 16.2. The highest BCUT2D eigenvalue weighted by molar-refractivity contribution is 9.10. The number of cyclic esters (lactones) is 1. The molecule has 0 aliphatic carbocycles. The molecule has 1 aromatic rings. The number of methoxy groups -OCH3 is 2. The van der Waals surface area contributed by atoms with Gasteiger partial charge in [-0.1, -0.05) is 15.9 Å². The maximum absolute atomic E-state index is 12.3. The fraction of sp³-hybridized carbons (Fsp3) is 0.429. The van der Waals surface area contributed by atoms with Gasteiger partial charge in [0.2, 0.25) is 0 Å². The van der Waals surface area contributed by atoms with E-state index in [0.29, 0.717) is 17.7 Å². The van der Waals surface area contributed by atoms with Crippen LogP contribution in [0.3, 0.4) is 0 Å². The summed E-state index contributed by atoms with van der Waals surface area (Å²) in [5.74, 6) is 0.0537. The number of nitrogens with zero attached hydrogens (tertiary/aromatic N) is 1. The first-order valence-electron chi connectivity index (χ1n) is 6.46. The third-order valence-electron chi connectivity index (χ3n) is 3.90. The van der Waals surface area contributed by atoms with Gasteiger partial charge in [0.15, 0.2) is 6.04 Å². The van der Waals surface area contributed by atoms with Gasteiger partial charge in [-0.05, 0) is 24.1 Å². The van der Waals surface area contributed by atoms with Gasteiger partial charge in [0.05, 0.1) is 20.3 Å². The van der Waals surface area contributed by atoms with Gasteiger partial charge in [0.1, 0.15) is 12.4 Å². The third-order valence-corrected chi connectivity index (χ3v) is 4.64. The second-order valence-corrected chi connectivity index (χ2v) is 5.76. The lowest BCUT2D eigenvalue weighted by molar-refractivity contribution is -0.147. The highest BCUT2D eigenvalue weighted by atomic mass is 79.9. The van der Waals surface area contributed by atoms with E-state index in [1.165, 1.54) is 19.1 Å². The lowest BCUT2D eigenvalue weighted by Gasteiger charge is -2.36. The van der Waals surface area contributed by atoms with Crippen molar-refractivity contribution in [2.45, 2.75) is 18.5 Å². The van der Waals surface area contributed by atoms with Crippen LogP contribution in [-0.4, -0.2) is 43.8 Å². The number of fused-ring (bicyclic) bond motifs is 2. The zero-order chi connectivity index (χ0) is 15.1. The van der Waals surface area contributed by atoms with Gasteiger partial charge in [-0.3, -0.25) is 4.90 Å². The van der Waals surface area contributed by atoms with E-state index in [0.717, 1.165) is 10.0 Å². The second-order valence-electron chi connectivity index (χ2n) is 4.91. The average Bonchev–Trinajstić information content (AvgIpc) is 2.86. The number of benzene rings is 1. The number of ether oxygens (including phenoxy) is 3. The molecule has 1 fully saturated rings. The van der Waals surface area contributed by atoms with E-state index in [1.807, 2.05) is 6.07 Å². The molecule has 112 valence electrons. The first kappa shape index (κ1) is 14.2. The summed E-state index contributed by atoms with van der Waals surface area (Å²) in [4.78, 5) is 25.7. The molecule has 0 unspecified atom stereocenters. The first-order chi connectivity index (χ1) is 10.1. The van der Waals surface area contributed by atoms with Crippen molar-refractivity contribution >= 4 is 28.0 Å². The molecule has 0 aromatic heterocycles. The molecule has 7 heteroatoms. The van der Waals surface area contributed by atoms with Crippen LogP contribution in [0.15, 0.2) is 16.6 Å². The molecule has 2 atom stereocenters. The molecule has 21 heavy (non-hydrogen) atoms. The van der Waals surface area contributed by atoms with Crippen LogP contribution < -0.4 is 4.74 Å². The third kappa shape index (κ3) is 2.07. The maximum atomic E-state index is 12.3. The molecule has 0 N–H and O–H groups in total. The maximum Gasteiger partial charge on any atom is 0.411 e. The first-order valence-corrected chi connectivity index (χ1v) is 7.26. The fourth-order valence-electron chi connectivity index (χ4n) is 2.96. The molecule has 1 amide bonds. The molecule has 1 saturated heterocycles. The molecule has 0 radical (unpaired) electrons. The van der Waals surface area contributed by atoms with E-state index >= 15 is 0 Å². The quantitative estimate of drug-likeness (QED) is 0.759. The highest BCUT2D eigenvalue weighted by Gasteiger charge is 2.48. The molecule has 0 bridgehead atoms. The Bertz CT molecular complexity index is 618. The molecule has 6 nitrogen and oxygen atoms in total. The Morgan fingerprint density at radius 1 is 1.43 bits per heavy atom. The van der Waals surface area contributed by atoms with Gasteiger partial charge in [-0.15, -0.1) is 0 Å². The van der Waals surface area contributed by atoms with Crippen LogP contribution in [0.2, 0.25) is 0 Å². The molecule has 0 spiro atoms. The van der Waals surface area contributed by atoms with Crippen molar-refractivity contribution in [1.82, 2.24) is 4.90 Å². The molecule has 2 heterocycles. The van der Waals surface area contributed by atoms with Gasteiger partial charge in [0, 0.05) is 10.0 Å². The standard InChI is InChI=1S/C14H14BrNO5/c1-19-10-4-3-9(15)8-5-7-6-21-14(18)16(7)12(11(8)10)13(17)20-2/h3-4,7,12H,5-6H2,1-2H3/t7-,12+/m0/s1. The summed E-state index contributed by atoms with van der Waals surface area (Å²) in [6.45, 7) is 0.273. The van der Waals surface area contributed by atoms with Gasteiger partial charge >= 0.3 is 12.1 Å². The summed E-state index contributed by atoms with van der Waals surface area (Å²) in [5.41, 5.74) is 1.61. The zero-order valence-electron chi connectivity index (χ0n) is 11.6. The van der Waals surface area contributed by atoms with Crippen LogP contribution in [0.25, 0.3) is 0 Å². The predicted octanol–water partition coefficient (Wildman–Crippen LogP) is 2.05. The molecule has 3 rings (SSSR count). The van der Waals surface area contributed by atoms with E-state index in [1.54, 1.807) is 6.07 Å². The number of hydrogen-bond acceptors (Lipinski definition) is 5. The van der Waals surface area contributed by atoms with Crippen LogP contribution in [0.5, 0.6) is 5.75 Å². The Labute approximate surface area is 130 Å². The summed E-state index contributed by atoms with van der Waals surface area (Å²) in [7, 11) is 2.84. The lowest BCUT2D eigenvalue weighted by atomic mass is 9.88. The van der Waals surface area contributed by atoms with Crippen LogP contribution in [0.1, 0.15) is 17.2 Å². The number of amides is 1. The van der Waals surface area contributed by atoms with Crippen LogP contribution >= 0.6 is 15.9 Å². The Morgan fingerprint density at radius 3 is 2.86 bits per heavy atom. The van der Waals surface area contributed by atoms with Gasteiger partial charge in [-0.25, -0.2) is 9.59 Å². The number of halogens is 1. The molecular formula is C14H14BrNO5. The van der Waals surface area contributed by atoms with E-state index in [9.17, 15) is 9.59 Å². The summed E-state index contributed by atoms with van der Waals surface area (Å²) in [6, 6.07) is 2.63. The van der Waals surface area contributed by atoms with E-state index < -0.39 is 18.1 Å². The largest absolute Gasteiger partial charge is 0.496 e. The fourth-order valence-corrected chi connectivity index (χ4v) is 3.47. The molecule has 2 aliphatic rings. The van der Waals surface area contributed by atoms with Crippen molar-refractivity contribution in [2.75, 3.05) is 20.8 Å². The predicted molar refractivity (Wildman–Crippen MR) is 76.1 cm³/mol. The van der Waals surface area contributed by atoms with E-state index in [4.69, 9.17) is 14.2 Å². The van der Waals surface area contributed by atoms with Crippen molar-refractivity contribution in [1.29, 1.82) is 0 Å². The number of esters is 1. The second kappa shape index (κ2) is 5.22. The summed E-state index contributed by atoms with van der Waals surface area (Å²) in [6.07, 6.45) is 0.106. The Morgan fingerprint density at radius 2 is 2.19 bits per heavy atom. The zero-order valence-corrected chi connectivity index (χ0v) is 13.2. The average molecular weight is 356 g/mol. The number of rotatable bonds is 2. The van der Waals surface area contributed by atoms with Gasteiger partial charge < -0.3 is 14.2 Å². The van der Waals surface area contributed by atoms with Crippen LogP contribution in [-0.2, 0) is 20.7 Å². The topological polar surface area (TPSA) is 65.1 Å². The van der Waals surface area contributed by atoms with Gasteiger partial charge in [0.25, 0.3) is 0 Å². The van der Waals surface area contributed by atoms with Crippen molar-refractivity contribution in [2.24, 2.45) is 0 Å². The number of carbonyl (C=O) groups excluding carboxylic acids is 2. The summed E-state index contributed by atoms with van der Waals surface area (Å²) in [5, 5.41) is 0. The minimum absolute atomic E-state index is 0.169. The SMILES string of the molecule is COC(=O)[C@H]1c2c(OC)ccc(Br)c2C[C@H]2COC(=O)N21. The van der Waals surface area contributed by atoms with Crippen molar-refractivity contribution < 1.29 is 23.8 Å². The normalized spacial score (nSPS) is 23.2. The molecule has 0 saturated carbocycles. The minimum Gasteiger partial charge on any atom is -0.496 e. The number of hydrogen-bond donors (Lipinski definition) is 0. The Kier molecular flexibility index (Phi) is 3.52. The number of carbonyl (C=O) groups is 2. The summed E-state index contributed by atoms with van der Waals surface area (Å²) >= 11 is 3.50. The minimum atomic E-state index is -0.841. The van der Waals surface area contributed by atoms with Crippen molar-refractivity contribution in [3.8, 4) is 5.75 Å². The van der Waals surface area contributed by atoms with Crippen molar-refractivity contribution in [3.63, 3.8) is 0 Å². The molecule has 1 aromatic carbocycles. The van der Waals surface area contributed by atoms with Crippen LogP contribution in [0.4, 0.5) is 4.79 Å². The van der Waals surface area contributed by atoms with E-state index in [2.05, 4.69) is 15.9 Å². The van der Waals surface area contributed by atoms with Gasteiger partial charge in [-0.2, -0.15) is 0 Å². The smallest absolute Gasteiger partial charge is 0.411 e. The highest BCUT2D eigenvalue weighted by Crippen LogP contribution is 2.44. The van der Waals surface area contributed by atoms with Crippen LogP contribution in [0, 0.1) is 0 Å². The molecular weight excluding hydrogens is 342 g/mol. The monoisotopic (exact) mass is 355 g/mol. The van der Waals surface area contributed by atoms with E-state index in [-0.39, 0.29) is 12.6 Å². The lowest BCUT2D eigenvalue weighted by Crippen LogP contribution is -2.46. The Hall–Kier alpha value is -1.76.